The molecule has 21 heavy (non-hydrogen) atoms. The predicted molar refractivity (Wildman–Crippen MR) is 86.8 cm³/mol. The summed E-state index contributed by atoms with van der Waals surface area (Å²) >= 11 is 9.30. The summed E-state index contributed by atoms with van der Waals surface area (Å²) in [6, 6.07) is 9.98. The van der Waals surface area contributed by atoms with Gasteiger partial charge in [0.25, 0.3) is 5.91 Å². The Morgan fingerprint density at radius 1 is 1.14 bits per heavy atom. The summed E-state index contributed by atoms with van der Waals surface area (Å²) in [5, 5.41) is 2.92. The molecule has 108 valence electrons. The molecule has 0 atom stereocenters. The molecule has 0 radical (unpaired) electrons. The molecule has 0 aromatic heterocycles. The van der Waals surface area contributed by atoms with E-state index in [9.17, 15) is 9.59 Å². The molecule has 0 aliphatic heterocycles. The van der Waals surface area contributed by atoms with Gasteiger partial charge in [-0.2, -0.15) is 0 Å². The highest BCUT2D eigenvalue weighted by molar-refractivity contribution is 9.10. The molecule has 0 aliphatic rings. The second-order valence-corrected chi connectivity index (χ2v) is 5.76. The number of halogens is 2. The maximum atomic E-state index is 12.2. The molecule has 4 nitrogen and oxygen atoms in total. The average molecular weight is 368 g/mol. The number of benzene rings is 2. The van der Waals surface area contributed by atoms with Gasteiger partial charge in [0, 0.05) is 10.2 Å². The molecule has 6 heteroatoms. The first-order valence-electron chi connectivity index (χ1n) is 6.05. The number of carbonyl (C=O) groups excluding carboxylic acids is 2. The van der Waals surface area contributed by atoms with Crippen LogP contribution in [0.15, 0.2) is 40.9 Å². The predicted octanol–water partition coefficient (Wildman–Crippen LogP) is 3.76. The first-order chi connectivity index (χ1) is 9.88. The summed E-state index contributed by atoms with van der Waals surface area (Å²) < 4.78 is 0.708. The Morgan fingerprint density at radius 3 is 2.38 bits per heavy atom. The van der Waals surface area contributed by atoms with Crippen molar-refractivity contribution >= 4 is 45.0 Å². The lowest BCUT2D eigenvalue weighted by molar-refractivity contribution is 0.0998. The highest BCUT2D eigenvalue weighted by atomic mass is 79.9. The second-order valence-electron chi connectivity index (χ2n) is 4.50. The van der Waals surface area contributed by atoms with Crippen LogP contribution < -0.4 is 11.1 Å². The molecular weight excluding hydrogens is 356 g/mol. The second kappa shape index (κ2) is 6.28. The van der Waals surface area contributed by atoms with Crippen molar-refractivity contribution in [1.82, 2.24) is 0 Å². The minimum atomic E-state index is -0.612. The molecule has 0 heterocycles. The van der Waals surface area contributed by atoms with Crippen LogP contribution in [0.4, 0.5) is 5.69 Å². The number of nitrogens with one attached hydrogen (secondary N) is 1. The van der Waals surface area contributed by atoms with Gasteiger partial charge in [-0.05, 0) is 58.7 Å². The zero-order valence-corrected chi connectivity index (χ0v) is 13.5. The Kier molecular flexibility index (Phi) is 4.65. The number of anilines is 1. The summed E-state index contributed by atoms with van der Waals surface area (Å²) in [6.45, 7) is 1.94. The summed E-state index contributed by atoms with van der Waals surface area (Å²) in [5.41, 5.74) is 7.43. The third-order valence-electron chi connectivity index (χ3n) is 2.86. The van der Waals surface area contributed by atoms with Crippen LogP contribution in [-0.2, 0) is 0 Å². The Morgan fingerprint density at radius 2 is 1.81 bits per heavy atom. The molecule has 2 amide bonds. The van der Waals surface area contributed by atoms with Crippen LogP contribution in [0.1, 0.15) is 26.3 Å². The maximum Gasteiger partial charge on any atom is 0.256 e. The van der Waals surface area contributed by atoms with Gasteiger partial charge >= 0.3 is 0 Å². The van der Waals surface area contributed by atoms with Crippen molar-refractivity contribution in [3.05, 3.63) is 62.6 Å². The van der Waals surface area contributed by atoms with Crippen LogP contribution in [0.2, 0.25) is 5.02 Å². The summed E-state index contributed by atoms with van der Waals surface area (Å²) in [4.78, 5) is 23.3. The molecule has 0 saturated carbocycles. The average Bonchev–Trinajstić information content (AvgIpc) is 2.37. The van der Waals surface area contributed by atoms with Crippen molar-refractivity contribution in [2.75, 3.05) is 5.32 Å². The highest BCUT2D eigenvalue weighted by Crippen LogP contribution is 2.23. The highest BCUT2D eigenvalue weighted by Gasteiger charge is 2.12. The minimum absolute atomic E-state index is 0.197. The van der Waals surface area contributed by atoms with E-state index in [0.717, 1.165) is 5.56 Å². The normalized spacial score (nSPS) is 10.2. The van der Waals surface area contributed by atoms with Crippen molar-refractivity contribution in [3.63, 3.8) is 0 Å². The lowest BCUT2D eigenvalue weighted by Crippen LogP contribution is -2.14. The Labute approximate surface area is 135 Å². The number of aryl methyl sites for hydroxylation is 1. The van der Waals surface area contributed by atoms with Crippen molar-refractivity contribution in [2.45, 2.75) is 6.92 Å². The lowest BCUT2D eigenvalue weighted by Gasteiger charge is -2.09. The van der Waals surface area contributed by atoms with E-state index in [1.54, 1.807) is 12.1 Å². The van der Waals surface area contributed by atoms with Crippen LogP contribution >= 0.6 is 27.5 Å². The van der Waals surface area contributed by atoms with Gasteiger partial charge in [0.1, 0.15) is 0 Å². The zero-order valence-electron chi connectivity index (χ0n) is 11.1. The van der Waals surface area contributed by atoms with Gasteiger partial charge in [-0.15, -0.1) is 0 Å². The summed E-state index contributed by atoms with van der Waals surface area (Å²) in [7, 11) is 0. The quantitative estimate of drug-likeness (QED) is 0.867. The number of nitrogens with two attached hydrogens (primary N) is 1. The van der Waals surface area contributed by atoms with Crippen LogP contribution in [-0.4, -0.2) is 11.8 Å². The first kappa shape index (κ1) is 15.5. The molecule has 3 N–H and O–H groups in total. The number of carbonyl (C=O) groups is 2. The summed E-state index contributed by atoms with van der Waals surface area (Å²) in [6.07, 6.45) is 0. The third kappa shape index (κ3) is 3.62. The molecule has 0 fully saturated rings. The van der Waals surface area contributed by atoms with Gasteiger partial charge in [-0.25, -0.2) is 0 Å². The van der Waals surface area contributed by atoms with Crippen molar-refractivity contribution < 1.29 is 9.59 Å². The van der Waals surface area contributed by atoms with Gasteiger partial charge in [0.15, 0.2) is 0 Å². The molecule has 2 aromatic carbocycles. The van der Waals surface area contributed by atoms with E-state index in [0.29, 0.717) is 15.7 Å². The van der Waals surface area contributed by atoms with E-state index in [1.165, 1.54) is 12.1 Å². The fourth-order valence-electron chi connectivity index (χ4n) is 1.80. The van der Waals surface area contributed by atoms with Crippen LogP contribution in [0, 0.1) is 6.92 Å². The molecule has 0 bridgehead atoms. The van der Waals surface area contributed by atoms with Gasteiger partial charge in [-0.1, -0.05) is 17.7 Å². The minimum Gasteiger partial charge on any atom is -0.366 e. The summed E-state index contributed by atoms with van der Waals surface area (Å²) in [5.74, 6) is -0.885. The third-order valence-corrected chi connectivity index (χ3v) is 3.83. The molecule has 2 rings (SSSR count). The number of amides is 2. The molecular formula is C15H12BrClN2O2. The number of primary amides is 1. The van der Waals surface area contributed by atoms with Gasteiger partial charge < -0.3 is 11.1 Å². The van der Waals surface area contributed by atoms with Gasteiger partial charge in [-0.3, -0.25) is 9.59 Å². The van der Waals surface area contributed by atoms with E-state index in [1.807, 2.05) is 19.1 Å². The Bertz CT molecular complexity index is 732. The molecule has 0 spiro atoms. The van der Waals surface area contributed by atoms with Crippen molar-refractivity contribution in [2.24, 2.45) is 5.73 Å². The van der Waals surface area contributed by atoms with Gasteiger partial charge in [0.05, 0.1) is 16.1 Å². The van der Waals surface area contributed by atoms with E-state index in [-0.39, 0.29) is 16.5 Å². The Hall–Kier alpha value is -1.85. The number of rotatable bonds is 3. The van der Waals surface area contributed by atoms with E-state index >= 15 is 0 Å². The fourth-order valence-corrected chi connectivity index (χ4v) is 2.74. The fraction of sp³-hybridized carbons (Fsp3) is 0.0667. The SMILES string of the molecule is Cc1ccc(C(=O)Nc2ccc(C(N)=O)c(Cl)c2)c(Br)c1. The monoisotopic (exact) mass is 366 g/mol. The van der Waals surface area contributed by atoms with Crippen molar-refractivity contribution in [3.8, 4) is 0 Å². The smallest absolute Gasteiger partial charge is 0.256 e. The molecule has 2 aromatic rings. The van der Waals surface area contributed by atoms with E-state index in [4.69, 9.17) is 17.3 Å². The van der Waals surface area contributed by atoms with E-state index < -0.39 is 5.91 Å². The maximum absolute atomic E-state index is 12.2. The Balaban J connectivity index is 2.23. The van der Waals surface area contributed by atoms with Crippen LogP contribution in [0.25, 0.3) is 0 Å². The van der Waals surface area contributed by atoms with Crippen molar-refractivity contribution in [1.29, 1.82) is 0 Å². The number of hydrogen-bond acceptors (Lipinski definition) is 2. The standard InChI is InChI=1S/C15H12BrClN2O2/c1-8-2-4-10(12(16)6-8)15(21)19-9-3-5-11(14(18)20)13(17)7-9/h2-7H,1H3,(H2,18,20)(H,19,21). The largest absolute Gasteiger partial charge is 0.366 e. The van der Waals surface area contributed by atoms with Crippen LogP contribution in [0.5, 0.6) is 0 Å². The zero-order chi connectivity index (χ0) is 15.6. The number of hydrogen-bond donors (Lipinski definition) is 2. The molecule has 0 unspecified atom stereocenters. The van der Waals surface area contributed by atoms with Crippen LogP contribution in [0.3, 0.4) is 0 Å². The molecule has 0 saturated heterocycles. The lowest BCUT2D eigenvalue weighted by atomic mass is 10.1. The molecule has 0 aliphatic carbocycles. The topological polar surface area (TPSA) is 72.2 Å². The van der Waals surface area contributed by atoms with E-state index in [2.05, 4.69) is 21.2 Å². The first-order valence-corrected chi connectivity index (χ1v) is 7.22. The van der Waals surface area contributed by atoms with Gasteiger partial charge in [0.2, 0.25) is 5.91 Å².